The van der Waals surface area contributed by atoms with Crippen LogP contribution < -0.4 is 10.1 Å². The standard InChI is InChI=1S/C26H34N6O2S/c1-3-34-23-9-7-22(8-10-23)25-28-29-26(35)32(25)12-11-24(33)27-18-20-5-4-6-21(17-20)19-31-15-13-30(2)14-16-31/h4-10,17H,3,11-16,18-19H2,1-2H3,(H,27,33)(H,29,35). The predicted molar refractivity (Wildman–Crippen MR) is 140 cm³/mol. The maximum absolute atomic E-state index is 12.6. The van der Waals surface area contributed by atoms with Gasteiger partial charge in [-0.15, -0.1) is 0 Å². The summed E-state index contributed by atoms with van der Waals surface area (Å²) >= 11 is 5.40. The average molecular weight is 495 g/mol. The first kappa shape index (κ1) is 25.1. The van der Waals surface area contributed by atoms with Crippen LogP contribution in [-0.2, 0) is 24.4 Å². The molecule has 3 aromatic rings. The smallest absolute Gasteiger partial charge is 0.222 e. The van der Waals surface area contributed by atoms with Crippen molar-refractivity contribution in [2.75, 3.05) is 39.8 Å². The second-order valence-electron chi connectivity index (χ2n) is 8.89. The highest BCUT2D eigenvalue weighted by molar-refractivity contribution is 7.71. The molecule has 0 unspecified atom stereocenters. The Morgan fingerprint density at radius 2 is 1.86 bits per heavy atom. The van der Waals surface area contributed by atoms with Crippen LogP contribution in [0.15, 0.2) is 48.5 Å². The Labute approximate surface area is 211 Å². The molecule has 0 aliphatic carbocycles. The van der Waals surface area contributed by atoms with Crippen molar-refractivity contribution in [1.82, 2.24) is 29.9 Å². The Morgan fingerprint density at radius 1 is 1.11 bits per heavy atom. The molecule has 1 fully saturated rings. The van der Waals surface area contributed by atoms with Crippen molar-refractivity contribution in [1.29, 1.82) is 0 Å². The van der Waals surface area contributed by atoms with E-state index in [1.807, 2.05) is 35.8 Å². The molecule has 0 radical (unpaired) electrons. The molecule has 1 amide bonds. The summed E-state index contributed by atoms with van der Waals surface area (Å²) in [7, 11) is 2.17. The second-order valence-corrected chi connectivity index (χ2v) is 9.27. The predicted octanol–water partition coefficient (Wildman–Crippen LogP) is 3.46. The van der Waals surface area contributed by atoms with Gasteiger partial charge < -0.3 is 15.0 Å². The number of H-pyrrole nitrogens is 1. The monoisotopic (exact) mass is 494 g/mol. The van der Waals surface area contributed by atoms with E-state index in [1.165, 1.54) is 5.56 Å². The molecule has 2 aromatic carbocycles. The molecule has 1 aromatic heterocycles. The Balaban J connectivity index is 1.29. The fourth-order valence-corrected chi connectivity index (χ4v) is 4.44. The van der Waals surface area contributed by atoms with Crippen molar-refractivity contribution in [2.24, 2.45) is 0 Å². The number of rotatable bonds is 10. The van der Waals surface area contributed by atoms with Gasteiger partial charge in [-0.1, -0.05) is 24.3 Å². The average Bonchev–Trinajstić information content (AvgIpc) is 3.24. The molecular formula is C26H34N6O2S. The van der Waals surface area contributed by atoms with Gasteiger partial charge in [0.2, 0.25) is 5.91 Å². The summed E-state index contributed by atoms with van der Waals surface area (Å²) in [5.74, 6) is 1.50. The molecule has 35 heavy (non-hydrogen) atoms. The number of piperazine rings is 1. The van der Waals surface area contributed by atoms with E-state index in [0.717, 1.165) is 49.6 Å². The van der Waals surface area contributed by atoms with Gasteiger partial charge >= 0.3 is 0 Å². The highest BCUT2D eigenvalue weighted by Gasteiger charge is 2.14. The largest absolute Gasteiger partial charge is 0.494 e. The Morgan fingerprint density at radius 3 is 2.60 bits per heavy atom. The first-order valence-corrected chi connectivity index (χ1v) is 12.6. The van der Waals surface area contributed by atoms with Crippen LogP contribution in [0.3, 0.4) is 0 Å². The van der Waals surface area contributed by atoms with E-state index in [2.05, 4.69) is 56.6 Å². The zero-order valence-electron chi connectivity index (χ0n) is 20.5. The van der Waals surface area contributed by atoms with Crippen LogP contribution in [-0.4, -0.2) is 70.3 Å². The van der Waals surface area contributed by atoms with Gasteiger partial charge in [0.05, 0.1) is 6.61 Å². The zero-order chi connectivity index (χ0) is 24.6. The van der Waals surface area contributed by atoms with E-state index >= 15 is 0 Å². The quantitative estimate of drug-likeness (QED) is 0.421. The molecule has 2 N–H and O–H groups in total. The van der Waals surface area contributed by atoms with Gasteiger partial charge in [-0.2, -0.15) is 5.10 Å². The molecule has 1 aliphatic heterocycles. The number of aromatic amines is 1. The van der Waals surface area contributed by atoms with Crippen molar-refractivity contribution in [2.45, 2.75) is 33.0 Å². The van der Waals surface area contributed by atoms with Crippen LogP contribution in [0.2, 0.25) is 0 Å². The van der Waals surface area contributed by atoms with Crippen LogP contribution >= 0.6 is 12.2 Å². The van der Waals surface area contributed by atoms with Crippen molar-refractivity contribution in [3.05, 3.63) is 64.4 Å². The summed E-state index contributed by atoms with van der Waals surface area (Å²) in [5.41, 5.74) is 3.31. The highest BCUT2D eigenvalue weighted by atomic mass is 32.1. The molecule has 0 bridgehead atoms. The molecule has 0 saturated carbocycles. The Bertz CT molecular complexity index is 1170. The topological polar surface area (TPSA) is 78.4 Å². The minimum atomic E-state index is -0.0183. The Hall–Kier alpha value is -3.01. The number of likely N-dealkylation sites (N-methyl/N-ethyl adjacent to an activating group) is 1. The van der Waals surface area contributed by atoms with Crippen molar-refractivity contribution in [3.8, 4) is 17.1 Å². The molecular weight excluding hydrogens is 460 g/mol. The number of ether oxygens (including phenoxy) is 1. The maximum Gasteiger partial charge on any atom is 0.222 e. The minimum absolute atomic E-state index is 0.0183. The minimum Gasteiger partial charge on any atom is -0.494 e. The van der Waals surface area contributed by atoms with E-state index in [4.69, 9.17) is 17.0 Å². The van der Waals surface area contributed by atoms with Crippen LogP contribution in [0.25, 0.3) is 11.4 Å². The number of nitrogens with one attached hydrogen (secondary N) is 2. The lowest BCUT2D eigenvalue weighted by atomic mass is 10.1. The molecule has 9 heteroatoms. The van der Waals surface area contributed by atoms with E-state index in [1.54, 1.807) is 0 Å². The number of benzene rings is 2. The molecule has 0 spiro atoms. The van der Waals surface area contributed by atoms with E-state index in [-0.39, 0.29) is 5.91 Å². The number of hydrogen-bond acceptors (Lipinski definition) is 6. The number of hydrogen-bond donors (Lipinski definition) is 2. The van der Waals surface area contributed by atoms with Crippen molar-refractivity contribution in [3.63, 3.8) is 0 Å². The number of amides is 1. The lowest BCUT2D eigenvalue weighted by molar-refractivity contribution is -0.121. The lowest BCUT2D eigenvalue weighted by Crippen LogP contribution is -2.43. The summed E-state index contributed by atoms with van der Waals surface area (Å²) in [4.78, 5) is 17.4. The number of carbonyl (C=O) groups is 1. The summed E-state index contributed by atoms with van der Waals surface area (Å²) < 4.78 is 7.87. The van der Waals surface area contributed by atoms with Crippen LogP contribution in [0.1, 0.15) is 24.5 Å². The number of nitrogens with zero attached hydrogens (tertiary/aromatic N) is 4. The maximum atomic E-state index is 12.6. The highest BCUT2D eigenvalue weighted by Crippen LogP contribution is 2.21. The third-order valence-electron chi connectivity index (χ3n) is 6.23. The first-order chi connectivity index (χ1) is 17.0. The molecule has 8 nitrogen and oxygen atoms in total. The van der Waals surface area contributed by atoms with E-state index in [9.17, 15) is 4.79 Å². The van der Waals surface area contributed by atoms with Gasteiger partial charge in [0.25, 0.3) is 0 Å². The van der Waals surface area contributed by atoms with Gasteiger partial charge in [0.1, 0.15) is 5.75 Å². The van der Waals surface area contributed by atoms with Crippen LogP contribution in [0.5, 0.6) is 5.75 Å². The number of carbonyl (C=O) groups excluding carboxylic acids is 1. The molecule has 0 atom stereocenters. The van der Waals surface area contributed by atoms with Crippen molar-refractivity contribution >= 4 is 18.1 Å². The molecule has 1 aliphatic rings. The molecule has 4 rings (SSSR count). The van der Waals surface area contributed by atoms with Crippen molar-refractivity contribution < 1.29 is 9.53 Å². The van der Waals surface area contributed by atoms with Crippen LogP contribution in [0.4, 0.5) is 0 Å². The van der Waals surface area contributed by atoms with E-state index in [0.29, 0.717) is 36.7 Å². The third kappa shape index (κ3) is 7.00. The molecule has 2 heterocycles. The molecule has 186 valence electrons. The van der Waals surface area contributed by atoms with Gasteiger partial charge in [-0.05, 0) is 61.6 Å². The van der Waals surface area contributed by atoms with Gasteiger partial charge in [0, 0.05) is 57.8 Å². The lowest BCUT2D eigenvalue weighted by Gasteiger charge is -2.32. The zero-order valence-corrected chi connectivity index (χ0v) is 21.3. The van der Waals surface area contributed by atoms with Gasteiger partial charge in [0.15, 0.2) is 10.6 Å². The fraction of sp³-hybridized carbons (Fsp3) is 0.423. The summed E-state index contributed by atoms with van der Waals surface area (Å²) in [6, 6.07) is 16.2. The third-order valence-corrected chi connectivity index (χ3v) is 6.54. The normalized spacial score (nSPS) is 14.7. The number of aromatic nitrogens is 3. The summed E-state index contributed by atoms with van der Waals surface area (Å²) in [6.45, 7) is 8.88. The fourth-order valence-electron chi connectivity index (χ4n) is 4.22. The van der Waals surface area contributed by atoms with Crippen LogP contribution in [0, 0.1) is 4.77 Å². The SMILES string of the molecule is CCOc1ccc(-c2n[nH]c(=S)n2CCC(=O)NCc2cccc(CN3CCN(C)CC3)c2)cc1. The first-order valence-electron chi connectivity index (χ1n) is 12.2. The second kappa shape index (κ2) is 12.1. The van der Waals surface area contributed by atoms with Gasteiger partial charge in [-0.25, -0.2) is 0 Å². The molecule has 1 saturated heterocycles. The summed E-state index contributed by atoms with van der Waals surface area (Å²) in [6.07, 6.45) is 0.318. The van der Waals surface area contributed by atoms with Gasteiger partial charge in [-0.3, -0.25) is 19.4 Å². The Kier molecular flexibility index (Phi) is 8.68. The van der Waals surface area contributed by atoms with E-state index < -0.39 is 0 Å². The summed E-state index contributed by atoms with van der Waals surface area (Å²) in [5, 5.41) is 10.3.